The summed E-state index contributed by atoms with van der Waals surface area (Å²) in [6.07, 6.45) is 0.786. The van der Waals surface area contributed by atoms with Crippen LogP contribution in [-0.4, -0.2) is 73.5 Å². The maximum Gasteiger partial charge on any atom is 0.329 e. The molecule has 1 saturated heterocycles. The topological polar surface area (TPSA) is 88.1 Å². The molecule has 7 nitrogen and oxygen atoms in total. The van der Waals surface area contributed by atoms with Gasteiger partial charge in [-0.25, -0.2) is 4.79 Å². The van der Waals surface area contributed by atoms with Crippen molar-refractivity contribution in [1.82, 2.24) is 10.2 Å². The summed E-state index contributed by atoms with van der Waals surface area (Å²) in [5.41, 5.74) is -0.469. The Kier molecular flexibility index (Phi) is 6.38. The molecule has 0 aliphatic carbocycles. The summed E-state index contributed by atoms with van der Waals surface area (Å²) < 4.78 is 10.2. The Hall–Kier alpha value is -1.18. The molecule has 0 bridgehead atoms. The third-order valence-electron chi connectivity index (χ3n) is 3.37. The molecule has 7 heteroatoms. The van der Waals surface area contributed by atoms with Gasteiger partial charge in [0.1, 0.15) is 6.61 Å². The fraction of sp³-hybridized carbons (Fsp3) is 0.846. The molecule has 1 fully saturated rings. The van der Waals surface area contributed by atoms with Crippen LogP contribution in [0.2, 0.25) is 0 Å². The third-order valence-corrected chi connectivity index (χ3v) is 3.37. The molecular weight excluding hydrogens is 264 g/mol. The second kappa shape index (κ2) is 7.56. The van der Waals surface area contributed by atoms with E-state index in [0.29, 0.717) is 26.2 Å². The van der Waals surface area contributed by atoms with Crippen molar-refractivity contribution in [1.29, 1.82) is 0 Å². The number of likely N-dealkylation sites (tertiary alicyclic amines) is 1. The van der Waals surface area contributed by atoms with Crippen molar-refractivity contribution in [2.24, 2.45) is 0 Å². The van der Waals surface area contributed by atoms with Gasteiger partial charge in [-0.1, -0.05) is 0 Å². The number of amides is 1. The van der Waals surface area contributed by atoms with E-state index in [-0.39, 0.29) is 18.6 Å². The minimum atomic E-state index is -0.978. The molecule has 0 spiro atoms. The molecule has 116 valence electrons. The predicted octanol–water partition coefficient (Wildman–Crippen LogP) is -0.297. The Bertz CT molecular complexity index is 342. The number of carbonyl (C=O) groups excluding carboxylic acids is 1. The van der Waals surface area contributed by atoms with Gasteiger partial charge in [0.15, 0.2) is 0 Å². The van der Waals surface area contributed by atoms with Crippen molar-refractivity contribution in [2.75, 3.05) is 40.0 Å². The van der Waals surface area contributed by atoms with Crippen LogP contribution in [0.15, 0.2) is 0 Å². The SMILES string of the molecule is COCCCNC(=O)C(C)N1CC(C)(OCC(=O)O)C1. The average Bonchev–Trinajstić information content (AvgIpc) is 2.37. The number of carbonyl (C=O) groups is 2. The zero-order chi connectivity index (χ0) is 15.2. The van der Waals surface area contributed by atoms with Gasteiger partial charge in [-0.05, 0) is 20.3 Å². The van der Waals surface area contributed by atoms with E-state index in [0.717, 1.165) is 6.42 Å². The fourth-order valence-electron chi connectivity index (χ4n) is 2.16. The summed E-state index contributed by atoms with van der Waals surface area (Å²) in [6.45, 7) is 5.73. The van der Waals surface area contributed by atoms with Crippen molar-refractivity contribution < 1.29 is 24.2 Å². The van der Waals surface area contributed by atoms with E-state index in [1.54, 1.807) is 7.11 Å². The number of hydrogen-bond donors (Lipinski definition) is 2. The Morgan fingerprint density at radius 3 is 2.65 bits per heavy atom. The Morgan fingerprint density at radius 1 is 1.45 bits per heavy atom. The van der Waals surface area contributed by atoms with Crippen molar-refractivity contribution in [3.8, 4) is 0 Å². The second-order valence-corrected chi connectivity index (χ2v) is 5.35. The lowest BCUT2D eigenvalue weighted by Crippen LogP contribution is -2.66. The first kappa shape index (κ1) is 16.9. The normalized spacial score (nSPS) is 19.1. The van der Waals surface area contributed by atoms with E-state index in [9.17, 15) is 9.59 Å². The molecule has 1 aliphatic rings. The smallest absolute Gasteiger partial charge is 0.329 e. The first-order chi connectivity index (χ1) is 9.38. The first-order valence-corrected chi connectivity index (χ1v) is 6.74. The summed E-state index contributed by atoms with van der Waals surface area (Å²) in [7, 11) is 1.63. The van der Waals surface area contributed by atoms with Gasteiger partial charge in [0.05, 0.1) is 11.6 Å². The minimum Gasteiger partial charge on any atom is -0.480 e. The Morgan fingerprint density at radius 2 is 2.10 bits per heavy atom. The highest BCUT2D eigenvalue weighted by Gasteiger charge is 2.43. The largest absolute Gasteiger partial charge is 0.480 e. The zero-order valence-electron chi connectivity index (χ0n) is 12.3. The maximum atomic E-state index is 11.9. The highest BCUT2D eigenvalue weighted by molar-refractivity contribution is 5.81. The number of ether oxygens (including phenoxy) is 2. The van der Waals surface area contributed by atoms with Crippen molar-refractivity contribution >= 4 is 11.9 Å². The summed E-state index contributed by atoms with van der Waals surface area (Å²) in [5, 5.41) is 11.4. The number of nitrogens with zero attached hydrogens (tertiary/aromatic N) is 1. The maximum absolute atomic E-state index is 11.9. The summed E-state index contributed by atoms with van der Waals surface area (Å²) >= 11 is 0. The number of rotatable bonds is 9. The van der Waals surface area contributed by atoms with Crippen LogP contribution in [0.5, 0.6) is 0 Å². The fourth-order valence-corrected chi connectivity index (χ4v) is 2.16. The van der Waals surface area contributed by atoms with Gasteiger partial charge >= 0.3 is 5.97 Å². The quantitative estimate of drug-likeness (QED) is 0.567. The second-order valence-electron chi connectivity index (χ2n) is 5.35. The molecule has 20 heavy (non-hydrogen) atoms. The predicted molar refractivity (Wildman–Crippen MR) is 72.5 cm³/mol. The van der Waals surface area contributed by atoms with Crippen LogP contribution >= 0.6 is 0 Å². The van der Waals surface area contributed by atoms with Crippen molar-refractivity contribution in [2.45, 2.75) is 31.9 Å². The van der Waals surface area contributed by atoms with E-state index in [4.69, 9.17) is 14.6 Å². The van der Waals surface area contributed by atoms with Crippen LogP contribution in [0.3, 0.4) is 0 Å². The highest BCUT2D eigenvalue weighted by atomic mass is 16.5. The molecule has 1 unspecified atom stereocenters. The van der Waals surface area contributed by atoms with Crippen LogP contribution < -0.4 is 5.32 Å². The minimum absolute atomic E-state index is 0.0265. The summed E-state index contributed by atoms with van der Waals surface area (Å²) in [4.78, 5) is 24.3. The van der Waals surface area contributed by atoms with Crippen LogP contribution in [0, 0.1) is 0 Å². The van der Waals surface area contributed by atoms with Crippen molar-refractivity contribution in [3.05, 3.63) is 0 Å². The van der Waals surface area contributed by atoms with Gasteiger partial charge in [-0.3, -0.25) is 9.69 Å². The van der Waals surface area contributed by atoms with Gasteiger partial charge in [-0.2, -0.15) is 0 Å². The van der Waals surface area contributed by atoms with Gasteiger partial charge in [0.2, 0.25) is 5.91 Å². The molecule has 0 aromatic heterocycles. The molecular formula is C13H24N2O5. The molecule has 1 aliphatic heterocycles. The van der Waals surface area contributed by atoms with E-state index < -0.39 is 11.6 Å². The molecule has 0 radical (unpaired) electrons. The standard InChI is InChI=1S/C13H24N2O5/c1-10(12(18)14-5-4-6-19-3)15-8-13(2,9-15)20-7-11(16)17/h10H,4-9H2,1-3H3,(H,14,18)(H,16,17). The highest BCUT2D eigenvalue weighted by Crippen LogP contribution is 2.26. The monoisotopic (exact) mass is 288 g/mol. The molecule has 1 atom stereocenters. The van der Waals surface area contributed by atoms with Crippen molar-refractivity contribution in [3.63, 3.8) is 0 Å². The molecule has 2 N–H and O–H groups in total. The first-order valence-electron chi connectivity index (χ1n) is 6.74. The van der Waals surface area contributed by atoms with E-state index in [1.165, 1.54) is 0 Å². The lowest BCUT2D eigenvalue weighted by Gasteiger charge is -2.49. The Labute approximate surface area is 119 Å². The van der Waals surface area contributed by atoms with Crippen LogP contribution in [-0.2, 0) is 19.1 Å². The van der Waals surface area contributed by atoms with Gasteiger partial charge in [0.25, 0.3) is 0 Å². The number of nitrogens with one attached hydrogen (secondary N) is 1. The third kappa shape index (κ3) is 5.07. The molecule has 1 heterocycles. The summed E-state index contributed by atoms with van der Waals surface area (Å²) in [5.74, 6) is -1.00. The lowest BCUT2D eigenvalue weighted by atomic mass is 9.94. The zero-order valence-corrected chi connectivity index (χ0v) is 12.3. The molecule has 0 aromatic carbocycles. The number of aliphatic carboxylic acids is 1. The average molecular weight is 288 g/mol. The van der Waals surface area contributed by atoms with Crippen LogP contribution in [0.1, 0.15) is 20.3 Å². The molecule has 0 saturated carbocycles. The van der Waals surface area contributed by atoms with E-state index >= 15 is 0 Å². The molecule has 1 rings (SSSR count). The number of carboxylic acids is 1. The van der Waals surface area contributed by atoms with Gasteiger partial charge in [0, 0.05) is 33.4 Å². The van der Waals surface area contributed by atoms with E-state index in [1.807, 2.05) is 18.7 Å². The van der Waals surface area contributed by atoms with E-state index in [2.05, 4.69) is 5.32 Å². The number of hydrogen-bond acceptors (Lipinski definition) is 5. The van der Waals surface area contributed by atoms with Gasteiger partial charge < -0.3 is 19.9 Å². The number of carboxylic acid groups (broad SMARTS) is 1. The Balaban J connectivity index is 2.24. The molecule has 1 amide bonds. The van der Waals surface area contributed by atoms with Crippen LogP contribution in [0.4, 0.5) is 0 Å². The van der Waals surface area contributed by atoms with Crippen LogP contribution in [0.25, 0.3) is 0 Å². The molecule has 0 aromatic rings. The van der Waals surface area contributed by atoms with Gasteiger partial charge in [-0.15, -0.1) is 0 Å². The number of methoxy groups -OCH3 is 1. The summed E-state index contributed by atoms with van der Waals surface area (Å²) in [6, 6.07) is -0.237. The lowest BCUT2D eigenvalue weighted by molar-refractivity contribution is -0.171.